The number of hydrogen-bond acceptors (Lipinski definition) is 8. The van der Waals surface area contributed by atoms with E-state index < -0.39 is 17.0 Å². The molecule has 3 rings (SSSR count). The van der Waals surface area contributed by atoms with E-state index in [1.807, 2.05) is 32.9 Å². The van der Waals surface area contributed by atoms with Crippen LogP contribution >= 0.6 is 0 Å². The van der Waals surface area contributed by atoms with Gasteiger partial charge in [-0.25, -0.2) is 4.79 Å². The lowest BCUT2D eigenvalue weighted by atomic mass is 10.1. The van der Waals surface area contributed by atoms with Gasteiger partial charge in [0.05, 0.1) is 4.92 Å². The van der Waals surface area contributed by atoms with Crippen LogP contribution in [0.3, 0.4) is 0 Å². The van der Waals surface area contributed by atoms with Crippen molar-refractivity contribution in [3.05, 3.63) is 69.1 Å². The molecule has 3 aromatic rings. The molecule has 0 unspecified atom stereocenters. The van der Waals surface area contributed by atoms with E-state index >= 15 is 0 Å². The zero-order valence-corrected chi connectivity index (χ0v) is 17.0. The maximum atomic E-state index is 12.2. The van der Waals surface area contributed by atoms with Crippen LogP contribution in [0.15, 0.2) is 40.8 Å². The number of ether oxygens (including phenoxy) is 2. The second-order valence-electron chi connectivity index (χ2n) is 6.90. The highest BCUT2D eigenvalue weighted by Crippen LogP contribution is 2.26. The Kier molecular flexibility index (Phi) is 6.10. The lowest BCUT2D eigenvalue weighted by Gasteiger charge is -2.14. The minimum atomic E-state index is -0.777. The maximum absolute atomic E-state index is 12.2. The standard InChI is InChI=1S/C21H21N3O6/c1-12-9-13(2)19(14(3)10-12)28-11-18(25)29-15(4)20-22-23-21(30-20)16-5-7-17(8-6-16)24(26)27/h5-10,15H,11H2,1-4H3/t15-/m0/s1. The molecule has 9 heteroatoms. The van der Waals surface area contributed by atoms with Crippen molar-refractivity contribution < 1.29 is 23.6 Å². The number of esters is 1. The molecule has 1 aromatic heterocycles. The highest BCUT2D eigenvalue weighted by molar-refractivity contribution is 5.71. The molecular formula is C21H21N3O6. The van der Waals surface area contributed by atoms with Gasteiger partial charge in [0.15, 0.2) is 12.7 Å². The molecule has 30 heavy (non-hydrogen) atoms. The van der Waals surface area contributed by atoms with Crippen molar-refractivity contribution in [1.29, 1.82) is 0 Å². The van der Waals surface area contributed by atoms with Crippen molar-refractivity contribution >= 4 is 11.7 Å². The van der Waals surface area contributed by atoms with Crippen molar-refractivity contribution in [1.82, 2.24) is 10.2 Å². The van der Waals surface area contributed by atoms with Crippen molar-refractivity contribution in [2.45, 2.75) is 33.8 Å². The molecule has 0 saturated carbocycles. The van der Waals surface area contributed by atoms with Crippen LogP contribution in [0.1, 0.15) is 35.6 Å². The van der Waals surface area contributed by atoms with E-state index in [1.165, 1.54) is 24.3 Å². The van der Waals surface area contributed by atoms with Gasteiger partial charge in [-0.3, -0.25) is 10.1 Å². The summed E-state index contributed by atoms with van der Waals surface area (Å²) in [5.74, 6) is 0.366. The molecule has 0 saturated heterocycles. The Balaban J connectivity index is 1.60. The zero-order valence-electron chi connectivity index (χ0n) is 17.0. The molecule has 1 atom stereocenters. The molecule has 1 heterocycles. The van der Waals surface area contributed by atoms with Crippen molar-refractivity contribution in [3.63, 3.8) is 0 Å². The number of nitro benzene ring substituents is 1. The van der Waals surface area contributed by atoms with Crippen LogP contribution in [0, 0.1) is 30.9 Å². The Hall–Kier alpha value is -3.75. The number of nitro groups is 1. The van der Waals surface area contributed by atoms with Crippen LogP contribution in [-0.4, -0.2) is 27.7 Å². The predicted molar refractivity (Wildman–Crippen MR) is 107 cm³/mol. The number of rotatable bonds is 7. The number of benzene rings is 2. The van der Waals surface area contributed by atoms with Crippen LogP contribution in [0.25, 0.3) is 11.5 Å². The van der Waals surface area contributed by atoms with Gasteiger partial charge in [-0.2, -0.15) is 0 Å². The van der Waals surface area contributed by atoms with Crippen LogP contribution in [0.4, 0.5) is 5.69 Å². The third-order valence-corrected chi connectivity index (χ3v) is 4.36. The topological polar surface area (TPSA) is 118 Å². The summed E-state index contributed by atoms with van der Waals surface area (Å²) >= 11 is 0. The normalized spacial score (nSPS) is 11.7. The molecule has 0 fully saturated rings. The summed E-state index contributed by atoms with van der Waals surface area (Å²) in [5.41, 5.74) is 3.48. The molecule has 0 spiro atoms. The second kappa shape index (κ2) is 8.73. The van der Waals surface area contributed by atoms with Gasteiger partial charge < -0.3 is 13.9 Å². The summed E-state index contributed by atoms with van der Waals surface area (Å²) in [6.07, 6.45) is -0.777. The van der Waals surface area contributed by atoms with E-state index in [0.717, 1.165) is 16.7 Å². The molecule has 0 N–H and O–H groups in total. The summed E-state index contributed by atoms with van der Waals surface area (Å²) in [4.78, 5) is 22.4. The van der Waals surface area contributed by atoms with Crippen LogP contribution < -0.4 is 4.74 Å². The zero-order chi connectivity index (χ0) is 21.8. The van der Waals surface area contributed by atoms with Crippen molar-refractivity contribution in [3.8, 4) is 17.2 Å². The Morgan fingerprint density at radius 1 is 1.13 bits per heavy atom. The molecule has 0 aliphatic heterocycles. The van der Waals surface area contributed by atoms with Gasteiger partial charge in [0.2, 0.25) is 5.89 Å². The first-order valence-electron chi connectivity index (χ1n) is 9.23. The quantitative estimate of drug-likeness (QED) is 0.322. The minimum Gasteiger partial charge on any atom is -0.481 e. The van der Waals surface area contributed by atoms with E-state index in [4.69, 9.17) is 13.9 Å². The largest absolute Gasteiger partial charge is 0.481 e. The Morgan fingerprint density at radius 2 is 1.77 bits per heavy atom. The van der Waals surface area contributed by atoms with E-state index in [1.54, 1.807) is 6.92 Å². The molecular weight excluding hydrogens is 390 g/mol. The Labute approximate surface area is 172 Å². The Bertz CT molecular complexity index is 1050. The fraction of sp³-hybridized carbons (Fsp3) is 0.286. The SMILES string of the molecule is Cc1cc(C)c(OCC(=O)O[C@@H](C)c2nnc(-c3ccc([N+](=O)[O-])cc3)o2)c(C)c1. The van der Waals surface area contributed by atoms with E-state index in [-0.39, 0.29) is 24.1 Å². The van der Waals surface area contributed by atoms with E-state index in [2.05, 4.69) is 10.2 Å². The summed E-state index contributed by atoms with van der Waals surface area (Å²) in [5, 5.41) is 18.5. The fourth-order valence-electron chi connectivity index (χ4n) is 3.05. The average Bonchev–Trinajstić information content (AvgIpc) is 3.17. The van der Waals surface area contributed by atoms with Crippen LogP contribution in [0.5, 0.6) is 5.75 Å². The molecule has 0 amide bonds. The van der Waals surface area contributed by atoms with E-state index in [9.17, 15) is 14.9 Å². The number of carbonyl (C=O) groups is 1. The number of aromatic nitrogens is 2. The van der Waals surface area contributed by atoms with Crippen molar-refractivity contribution in [2.24, 2.45) is 0 Å². The molecule has 0 aliphatic carbocycles. The second-order valence-corrected chi connectivity index (χ2v) is 6.90. The van der Waals surface area contributed by atoms with E-state index in [0.29, 0.717) is 11.3 Å². The molecule has 2 aromatic carbocycles. The summed E-state index contributed by atoms with van der Waals surface area (Å²) in [7, 11) is 0. The third-order valence-electron chi connectivity index (χ3n) is 4.36. The molecule has 9 nitrogen and oxygen atoms in total. The van der Waals surface area contributed by atoms with Gasteiger partial charge in [0.25, 0.3) is 11.6 Å². The monoisotopic (exact) mass is 411 g/mol. The highest BCUT2D eigenvalue weighted by Gasteiger charge is 2.20. The first-order chi connectivity index (χ1) is 14.2. The number of nitrogens with zero attached hydrogens (tertiary/aromatic N) is 3. The van der Waals surface area contributed by atoms with Gasteiger partial charge in [0.1, 0.15) is 5.75 Å². The van der Waals surface area contributed by atoms with Crippen molar-refractivity contribution in [2.75, 3.05) is 6.61 Å². The number of aryl methyl sites for hydroxylation is 3. The van der Waals surface area contributed by atoms with Crippen LogP contribution in [0.2, 0.25) is 0 Å². The smallest absolute Gasteiger partial charge is 0.344 e. The minimum absolute atomic E-state index is 0.0418. The number of hydrogen-bond donors (Lipinski definition) is 0. The summed E-state index contributed by atoms with van der Waals surface area (Å²) in [6.45, 7) is 7.18. The number of non-ortho nitro benzene ring substituents is 1. The van der Waals surface area contributed by atoms with Gasteiger partial charge in [-0.15, -0.1) is 10.2 Å². The summed E-state index contributed by atoms with van der Waals surface area (Å²) in [6, 6.07) is 9.66. The van der Waals surface area contributed by atoms with Gasteiger partial charge in [-0.1, -0.05) is 17.7 Å². The third kappa shape index (κ3) is 4.80. The lowest BCUT2D eigenvalue weighted by molar-refractivity contribution is -0.384. The van der Waals surface area contributed by atoms with Gasteiger partial charge in [0, 0.05) is 17.7 Å². The van der Waals surface area contributed by atoms with Crippen LogP contribution in [-0.2, 0) is 9.53 Å². The van der Waals surface area contributed by atoms with Gasteiger partial charge in [-0.05, 0) is 51.0 Å². The summed E-state index contributed by atoms with van der Waals surface area (Å²) < 4.78 is 16.5. The predicted octanol–water partition coefficient (Wildman–Crippen LogP) is 4.25. The molecule has 0 aliphatic rings. The average molecular weight is 411 g/mol. The first kappa shape index (κ1) is 21.0. The molecule has 0 bridgehead atoms. The Morgan fingerprint density at radius 3 is 2.37 bits per heavy atom. The van der Waals surface area contributed by atoms with Gasteiger partial charge >= 0.3 is 5.97 Å². The molecule has 156 valence electrons. The highest BCUT2D eigenvalue weighted by atomic mass is 16.6. The maximum Gasteiger partial charge on any atom is 0.344 e. The number of carbonyl (C=O) groups excluding carboxylic acids is 1. The molecule has 0 radical (unpaired) electrons. The lowest BCUT2D eigenvalue weighted by Crippen LogP contribution is -2.17. The first-order valence-corrected chi connectivity index (χ1v) is 9.23. The fourth-order valence-corrected chi connectivity index (χ4v) is 3.05.